The van der Waals surface area contributed by atoms with Crippen molar-refractivity contribution in [2.24, 2.45) is 0 Å². The van der Waals surface area contributed by atoms with Gasteiger partial charge in [-0.3, -0.25) is 4.90 Å². The summed E-state index contributed by atoms with van der Waals surface area (Å²) >= 11 is 3.02. The van der Waals surface area contributed by atoms with E-state index in [9.17, 15) is 13.9 Å². The van der Waals surface area contributed by atoms with Gasteiger partial charge in [0.25, 0.3) is 0 Å². The van der Waals surface area contributed by atoms with Crippen molar-refractivity contribution < 1.29 is 23.4 Å². The summed E-state index contributed by atoms with van der Waals surface area (Å²) in [5.41, 5.74) is 1.13. The maximum absolute atomic E-state index is 13.8. The number of methoxy groups -OCH3 is 1. The van der Waals surface area contributed by atoms with Gasteiger partial charge in [0.15, 0.2) is 17.4 Å². The first-order chi connectivity index (χ1) is 13.5. The molecule has 1 unspecified atom stereocenters. The van der Waals surface area contributed by atoms with Crippen molar-refractivity contribution in [3.8, 4) is 11.5 Å². The molecular weight excluding hydrogens is 434 g/mol. The van der Waals surface area contributed by atoms with E-state index < -0.39 is 23.5 Å². The molecule has 2 aromatic rings. The summed E-state index contributed by atoms with van der Waals surface area (Å²) in [6.45, 7) is 3.43. The van der Waals surface area contributed by atoms with Gasteiger partial charge in [-0.15, -0.1) is 0 Å². The molecule has 3 rings (SSSR count). The number of β-amino-alcohol motifs (C(OH)–C–C–N with tert-alkyl or cyclic N) is 1. The molecule has 0 saturated carbocycles. The fourth-order valence-corrected chi connectivity index (χ4v) is 3.58. The van der Waals surface area contributed by atoms with Crippen LogP contribution in [0.3, 0.4) is 0 Å². The number of halogens is 3. The first-order valence-electron chi connectivity index (χ1n) is 9.03. The third kappa shape index (κ3) is 5.33. The average Bonchev–Trinajstić information content (AvgIpc) is 2.68. The molecule has 152 valence electrons. The Bertz CT molecular complexity index is 761. The summed E-state index contributed by atoms with van der Waals surface area (Å²) < 4.78 is 38.2. The smallest absolute Gasteiger partial charge is 0.190 e. The van der Waals surface area contributed by atoms with Crippen LogP contribution in [0.5, 0.6) is 11.5 Å². The van der Waals surface area contributed by atoms with Crippen LogP contribution in [0.2, 0.25) is 0 Å². The van der Waals surface area contributed by atoms with Crippen molar-refractivity contribution >= 4 is 21.6 Å². The largest absolute Gasteiger partial charge is 0.497 e. The van der Waals surface area contributed by atoms with Crippen molar-refractivity contribution in [3.05, 3.63) is 52.5 Å². The highest BCUT2D eigenvalue weighted by molar-refractivity contribution is 9.10. The Morgan fingerprint density at radius 1 is 1.07 bits per heavy atom. The topological polar surface area (TPSA) is 45.2 Å². The maximum atomic E-state index is 13.8. The lowest BCUT2D eigenvalue weighted by molar-refractivity contribution is 0.0634. The Kier molecular flexibility index (Phi) is 7.09. The molecule has 28 heavy (non-hydrogen) atoms. The molecule has 0 bridgehead atoms. The van der Waals surface area contributed by atoms with E-state index in [0.717, 1.165) is 49.7 Å². The van der Waals surface area contributed by atoms with Crippen LogP contribution in [0.1, 0.15) is 0 Å². The highest BCUT2D eigenvalue weighted by Crippen LogP contribution is 2.26. The molecule has 1 aliphatic heterocycles. The molecule has 0 amide bonds. The van der Waals surface area contributed by atoms with Crippen molar-refractivity contribution in [3.63, 3.8) is 0 Å². The summed E-state index contributed by atoms with van der Waals surface area (Å²) in [6, 6.07) is 10.2. The molecule has 1 fully saturated rings. The van der Waals surface area contributed by atoms with Crippen LogP contribution >= 0.6 is 15.9 Å². The van der Waals surface area contributed by atoms with Gasteiger partial charge in [-0.25, -0.2) is 8.78 Å². The number of nitrogens with zero attached hydrogens (tertiary/aromatic N) is 2. The standard InChI is InChI=1S/C20H23BrF2N2O3/c1-27-17-4-2-15(3-5-17)25-8-6-24(7-9-25)12-16(26)13-28-20-18(22)10-14(21)11-19(20)23/h2-5,10-11,16,26H,6-9,12-13H2,1H3. The van der Waals surface area contributed by atoms with E-state index >= 15 is 0 Å². The highest BCUT2D eigenvalue weighted by Gasteiger charge is 2.21. The zero-order chi connectivity index (χ0) is 20.1. The van der Waals surface area contributed by atoms with Gasteiger partial charge >= 0.3 is 0 Å². The van der Waals surface area contributed by atoms with E-state index in [4.69, 9.17) is 9.47 Å². The summed E-state index contributed by atoms with van der Waals surface area (Å²) in [5.74, 6) is -1.24. The summed E-state index contributed by atoms with van der Waals surface area (Å²) in [6.07, 6.45) is -0.838. The molecule has 0 spiro atoms. The van der Waals surface area contributed by atoms with Gasteiger partial charge < -0.3 is 19.5 Å². The number of hydrogen-bond acceptors (Lipinski definition) is 5. The van der Waals surface area contributed by atoms with E-state index in [1.54, 1.807) is 7.11 Å². The van der Waals surface area contributed by atoms with E-state index in [1.165, 1.54) is 0 Å². The molecule has 5 nitrogen and oxygen atoms in total. The fourth-order valence-electron chi connectivity index (χ4n) is 3.18. The molecule has 1 heterocycles. The Morgan fingerprint density at radius 3 is 2.25 bits per heavy atom. The number of aliphatic hydroxyl groups excluding tert-OH is 1. The number of rotatable bonds is 7. The van der Waals surface area contributed by atoms with E-state index in [2.05, 4.69) is 25.7 Å². The summed E-state index contributed by atoms with van der Waals surface area (Å²) in [4.78, 5) is 4.38. The van der Waals surface area contributed by atoms with Gasteiger partial charge in [0, 0.05) is 42.9 Å². The average molecular weight is 457 g/mol. The van der Waals surface area contributed by atoms with Crippen molar-refractivity contribution in [1.82, 2.24) is 4.90 Å². The molecule has 0 aliphatic carbocycles. The number of aliphatic hydroxyl groups is 1. The quantitative estimate of drug-likeness (QED) is 0.692. The van der Waals surface area contributed by atoms with Gasteiger partial charge in [-0.05, 0) is 36.4 Å². The second-order valence-corrected chi connectivity index (χ2v) is 7.56. The number of piperazine rings is 1. The Labute approximate surface area is 171 Å². The van der Waals surface area contributed by atoms with Gasteiger partial charge in [-0.2, -0.15) is 0 Å². The molecule has 8 heteroatoms. The van der Waals surface area contributed by atoms with Crippen LogP contribution < -0.4 is 14.4 Å². The van der Waals surface area contributed by atoms with Gasteiger partial charge in [0.2, 0.25) is 0 Å². The normalized spacial score (nSPS) is 16.1. The Balaban J connectivity index is 1.45. The molecule has 1 aliphatic rings. The first-order valence-corrected chi connectivity index (χ1v) is 9.82. The lowest BCUT2D eigenvalue weighted by Crippen LogP contribution is -2.49. The Hall–Kier alpha value is -1.90. The fraction of sp³-hybridized carbons (Fsp3) is 0.400. The molecule has 1 atom stereocenters. The third-order valence-electron chi connectivity index (χ3n) is 4.66. The van der Waals surface area contributed by atoms with Crippen LogP contribution in [0.4, 0.5) is 14.5 Å². The number of anilines is 1. The van der Waals surface area contributed by atoms with E-state index in [1.807, 2.05) is 24.3 Å². The molecule has 1 saturated heterocycles. The zero-order valence-corrected chi connectivity index (χ0v) is 17.2. The molecule has 2 aromatic carbocycles. The number of benzene rings is 2. The zero-order valence-electron chi connectivity index (χ0n) is 15.6. The second kappa shape index (κ2) is 9.54. The number of hydrogen-bond donors (Lipinski definition) is 1. The predicted octanol–water partition coefficient (Wildman–Crippen LogP) is 3.30. The van der Waals surface area contributed by atoms with Crippen LogP contribution in [-0.4, -0.2) is 62.6 Å². The van der Waals surface area contributed by atoms with E-state index in [-0.39, 0.29) is 6.61 Å². The third-order valence-corrected chi connectivity index (χ3v) is 5.12. The second-order valence-electron chi connectivity index (χ2n) is 6.65. The van der Waals surface area contributed by atoms with Crippen LogP contribution in [-0.2, 0) is 0 Å². The predicted molar refractivity (Wildman–Crippen MR) is 107 cm³/mol. The highest BCUT2D eigenvalue weighted by atomic mass is 79.9. The maximum Gasteiger partial charge on any atom is 0.190 e. The van der Waals surface area contributed by atoms with Gasteiger partial charge in [0.1, 0.15) is 18.5 Å². The minimum absolute atomic E-state index is 0.172. The van der Waals surface area contributed by atoms with E-state index in [0.29, 0.717) is 11.0 Å². The molecule has 1 N–H and O–H groups in total. The SMILES string of the molecule is COc1ccc(N2CCN(CC(O)COc3c(F)cc(Br)cc3F)CC2)cc1. The van der Waals surface area contributed by atoms with Crippen molar-refractivity contribution in [2.75, 3.05) is 51.3 Å². The lowest BCUT2D eigenvalue weighted by Gasteiger charge is -2.36. The van der Waals surface area contributed by atoms with Crippen LogP contribution in [0, 0.1) is 11.6 Å². The monoisotopic (exact) mass is 456 g/mol. The number of ether oxygens (including phenoxy) is 2. The summed E-state index contributed by atoms with van der Waals surface area (Å²) in [7, 11) is 1.64. The van der Waals surface area contributed by atoms with Crippen LogP contribution in [0.25, 0.3) is 0 Å². The molecule has 0 aromatic heterocycles. The lowest BCUT2D eigenvalue weighted by atomic mass is 10.2. The van der Waals surface area contributed by atoms with Crippen molar-refractivity contribution in [1.29, 1.82) is 0 Å². The summed E-state index contributed by atoms with van der Waals surface area (Å²) in [5, 5.41) is 10.2. The van der Waals surface area contributed by atoms with Gasteiger partial charge in [0.05, 0.1) is 7.11 Å². The molecule has 0 radical (unpaired) electrons. The Morgan fingerprint density at radius 2 is 1.68 bits per heavy atom. The van der Waals surface area contributed by atoms with Crippen molar-refractivity contribution in [2.45, 2.75) is 6.10 Å². The minimum atomic E-state index is -0.838. The molecular formula is C20H23BrF2N2O3. The van der Waals surface area contributed by atoms with Crippen LogP contribution in [0.15, 0.2) is 40.9 Å². The van der Waals surface area contributed by atoms with Gasteiger partial charge in [-0.1, -0.05) is 15.9 Å². The minimum Gasteiger partial charge on any atom is -0.497 e. The first kappa shape index (κ1) is 20.8.